The van der Waals surface area contributed by atoms with Gasteiger partial charge in [-0.15, -0.1) is 11.3 Å². The number of likely N-dealkylation sites (N-methyl/N-ethyl adjacent to an activating group) is 1. The minimum atomic E-state index is -0.511. The van der Waals surface area contributed by atoms with Gasteiger partial charge in [0.2, 0.25) is 5.91 Å². The highest BCUT2D eigenvalue weighted by Crippen LogP contribution is 2.20. The Kier molecular flexibility index (Phi) is 6.23. The van der Waals surface area contributed by atoms with E-state index in [-0.39, 0.29) is 29.5 Å². The molecule has 1 atom stereocenters. The molecule has 8 heteroatoms. The maximum atomic E-state index is 13.1. The van der Waals surface area contributed by atoms with Gasteiger partial charge in [0.05, 0.1) is 12.5 Å². The summed E-state index contributed by atoms with van der Waals surface area (Å²) in [6.45, 7) is 3.65. The second kappa shape index (κ2) is 8.83. The molecule has 3 aromatic rings. The van der Waals surface area contributed by atoms with Crippen molar-refractivity contribution in [3.05, 3.63) is 80.7 Å². The molecular weight excluding hydrogens is 388 g/mol. The molecule has 2 amide bonds. The highest BCUT2D eigenvalue weighted by atomic mass is 32.1. The van der Waals surface area contributed by atoms with Crippen LogP contribution in [0, 0.1) is 6.92 Å². The standard InChI is InChI=1S/C21H22N4O3S/c1-13-9-10-25(14(2)15-7-5-4-6-8-15)20(28)18(13)19(27)24-21-23-12-16(29-21)11-17(26)22-3/h4-10,12,14H,11H2,1-3H3,(H,22,26)(H,23,24,27). The molecule has 0 fully saturated rings. The molecule has 7 nitrogen and oxygen atoms in total. The molecule has 1 aromatic carbocycles. The Morgan fingerprint density at radius 3 is 2.62 bits per heavy atom. The Morgan fingerprint density at radius 1 is 1.21 bits per heavy atom. The van der Waals surface area contributed by atoms with Crippen LogP contribution in [0.15, 0.2) is 53.6 Å². The number of thiazole rings is 1. The zero-order valence-corrected chi connectivity index (χ0v) is 17.2. The van der Waals surface area contributed by atoms with E-state index in [4.69, 9.17) is 0 Å². The number of rotatable bonds is 6. The van der Waals surface area contributed by atoms with Gasteiger partial charge >= 0.3 is 0 Å². The lowest BCUT2D eigenvalue weighted by Gasteiger charge is -2.17. The quantitative estimate of drug-likeness (QED) is 0.653. The summed E-state index contributed by atoms with van der Waals surface area (Å²) in [5, 5.41) is 5.57. The molecule has 0 bridgehead atoms. The Hall–Kier alpha value is -3.26. The number of amides is 2. The number of aryl methyl sites for hydroxylation is 1. The first-order valence-corrected chi connectivity index (χ1v) is 9.95. The lowest BCUT2D eigenvalue weighted by molar-refractivity contribution is -0.119. The van der Waals surface area contributed by atoms with E-state index in [1.54, 1.807) is 37.0 Å². The van der Waals surface area contributed by atoms with Gasteiger partial charge in [-0.2, -0.15) is 0 Å². The van der Waals surface area contributed by atoms with Crippen LogP contribution in [0.3, 0.4) is 0 Å². The number of carbonyl (C=O) groups excluding carboxylic acids is 2. The summed E-state index contributed by atoms with van der Waals surface area (Å²) in [6, 6.07) is 11.2. The second-order valence-electron chi connectivity index (χ2n) is 6.61. The summed E-state index contributed by atoms with van der Waals surface area (Å²) in [4.78, 5) is 42.2. The summed E-state index contributed by atoms with van der Waals surface area (Å²) < 4.78 is 1.55. The number of pyridine rings is 1. The molecule has 0 aliphatic rings. The highest BCUT2D eigenvalue weighted by molar-refractivity contribution is 7.15. The van der Waals surface area contributed by atoms with Crippen LogP contribution in [0.1, 0.15) is 39.3 Å². The largest absolute Gasteiger partial charge is 0.359 e. The van der Waals surface area contributed by atoms with Crippen molar-refractivity contribution in [2.24, 2.45) is 0 Å². The van der Waals surface area contributed by atoms with E-state index in [1.165, 1.54) is 11.3 Å². The number of anilines is 1. The molecule has 0 radical (unpaired) electrons. The summed E-state index contributed by atoms with van der Waals surface area (Å²) in [5.74, 6) is -0.647. The Labute approximate surface area is 172 Å². The molecule has 0 saturated heterocycles. The minimum Gasteiger partial charge on any atom is -0.359 e. The molecule has 0 spiro atoms. The monoisotopic (exact) mass is 410 g/mol. The third-order valence-corrected chi connectivity index (χ3v) is 5.55. The van der Waals surface area contributed by atoms with E-state index in [9.17, 15) is 14.4 Å². The van der Waals surface area contributed by atoms with Crippen LogP contribution in [-0.2, 0) is 11.2 Å². The van der Waals surface area contributed by atoms with E-state index in [1.807, 2.05) is 37.3 Å². The van der Waals surface area contributed by atoms with E-state index >= 15 is 0 Å². The van der Waals surface area contributed by atoms with Crippen LogP contribution in [0.4, 0.5) is 5.13 Å². The lowest BCUT2D eigenvalue weighted by atomic mass is 10.1. The molecule has 3 rings (SSSR count). The maximum absolute atomic E-state index is 13.1. The first-order valence-electron chi connectivity index (χ1n) is 9.14. The Bertz CT molecular complexity index is 1090. The minimum absolute atomic E-state index is 0.0818. The van der Waals surface area contributed by atoms with Gasteiger partial charge in [0, 0.05) is 24.3 Å². The summed E-state index contributed by atoms with van der Waals surface area (Å²) in [7, 11) is 1.56. The number of nitrogens with zero attached hydrogens (tertiary/aromatic N) is 2. The van der Waals surface area contributed by atoms with Gasteiger partial charge in [0.15, 0.2) is 5.13 Å². The van der Waals surface area contributed by atoms with E-state index < -0.39 is 5.91 Å². The van der Waals surface area contributed by atoms with E-state index in [0.717, 1.165) is 10.4 Å². The van der Waals surface area contributed by atoms with Crippen molar-refractivity contribution in [2.45, 2.75) is 26.3 Å². The first-order chi connectivity index (χ1) is 13.9. The maximum Gasteiger partial charge on any atom is 0.264 e. The van der Waals surface area contributed by atoms with Crippen molar-refractivity contribution in [1.29, 1.82) is 0 Å². The summed E-state index contributed by atoms with van der Waals surface area (Å²) in [6.07, 6.45) is 3.44. The third kappa shape index (κ3) is 4.60. The zero-order chi connectivity index (χ0) is 21.0. The zero-order valence-electron chi connectivity index (χ0n) is 16.4. The number of hydrogen-bond donors (Lipinski definition) is 2. The third-order valence-electron chi connectivity index (χ3n) is 4.64. The average Bonchev–Trinajstić information content (AvgIpc) is 3.14. The second-order valence-corrected chi connectivity index (χ2v) is 7.72. The topological polar surface area (TPSA) is 93.1 Å². The normalized spacial score (nSPS) is 11.7. The highest BCUT2D eigenvalue weighted by Gasteiger charge is 2.20. The molecule has 2 N–H and O–H groups in total. The van der Waals surface area contributed by atoms with Gasteiger partial charge in [0.1, 0.15) is 5.56 Å². The molecule has 150 valence electrons. The number of benzene rings is 1. The molecule has 2 heterocycles. The molecule has 0 aliphatic carbocycles. The van der Waals surface area contributed by atoms with Crippen LogP contribution >= 0.6 is 11.3 Å². The smallest absolute Gasteiger partial charge is 0.264 e. The van der Waals surface area contributed by atoms with Gasteiger partial charge in [0.25, 0.3) is 11.5 Å². The Morgan fingerprint density at radius 2 is 1.93 bits per heavy atom. The molecular formula is C21H22N4O3S. The van der Waals surface area contributed by atoms with Crippen LogP contribution in [0.25, 0.3) is 0 Å². The van der Waals surface area contributed by atoms with Gasteiger partial charge in [-0.05, 0) is 31.0 Å². The fourth-order valence-corrected chi connectivity index (χ4v) is 3.77. The fourth-order valence-electron chi connectivity index (χ4n) is 2.97. The van der Waals surface area contributed by atoms with Crippen molar-refractivity contribution in [3.8, 4) is 0 Å². The molecule has 0 saturated carbocycles. The van der Waals surface area contributed by atoms with Gasteiger partial charge in [-0.1, -0.05) is 30.3 Å². The SMILES string of the molecule is CNC(=O)Cc1cnc(NC(=O)c2c(C)ccn(C(C)c3ccccc3)c2=O)s1. The predicted octanol–water partition coefficient (Wildman–Crippen LogP) is 2.76. The lowest BCUT2D eigenvalue weighted by Crippen LogP contribution is -2.32. The van der Waals surface area contributed by atoms with Crippen molar-refractivity contribution in [3.63, 3.8) is 0 Å². The van der Waals surface area contributed by atoms with Crippen LogP contribution in [0.2, 0.25) is 0 Å². The number of nitrogens with one attached hydrogen (secondary N) is 2. The molecule has 1 unspecified atom stereocenters. The number of hydrogen-bond acceptors (Lipinski definition) is 5. The van der Waals surface area contributed by atoms with Gasteiger partial charge in [-0.3, -0.25) is 19.7 Å². The summed E-state index contributed by atoms with van der Waals surface area (Å²) in [5.41, 5.74) is 1.29. The molecule has 2 aromatic heterocycles. The fraction of sp³-hybridized carbons (Fsp3) is 0.238. The van der Waals surface area contributed by atoms with Crippen LogP contribution in [-0.4, -0.2) is 28.4 Å². The van der Waals surface area contributed by atoms with Crippen molar-refractivity contribution in [2.75, 3.05) is 12.4 Å². The molecule has 29 heavy (non-hydrogen) atoms. The molecule has 0 aliphatic heterocycles. The van der Waals surface area contributed by atoms with E-state index in [0.29, 0.717) is 10.7 Å². The van der Waals surface area contributed by atoms with Crippen molar-refractivity contribution < 1.29 is 9.59 Å². The predicted molar refractivity (Wildman–Crippen MR) is 114 cm³/mol. The summed E-state index contributed by atoms with van der Waals surface area (Å²) >= 11 is 1.21. The van der Waals surface area contributed by atoms with Crippen molar-refractivity contribution in [1.82, 2.24) is 14.9 Å². The van der Waals surface area contributed by atoms with Crippen molar-refractivity contribution >= 4 is 28.3 Å². The van der Waals surface area contributed by atoms with E-state index in [2.05, 4.69) is 15.6 Å². The van der Waals surface area contributed by atoms with Crippen LogP contribution in [0.5, 0.6) is 0 Å². The Balaban J connectivity index is 1.86. The van der Waals surface area contributed by atoms with Gasteiger partial charge < -0.3 is 9.88 Å². The van der Waals surface area contributed by atoms with Crippen LogP contribution < -0.4 is 16.2 Å². The first kappa shape index (κ1) is 20.5. The number of carbonyl (C=O) groups is 2. The number of aromatic nitrogens is 2. The average molecular weight is 410 g/mol. The van der Waals surface area contributed by atoms with Gasteiger partial charge in [-0.25, -0.2) is 4.98 Å².